The van der Waals surface area contributed by atoms with Crippen LogP contribution < -0.4 is 10.1 Å². The number of rotatable bonds is 6. The minimum atomic E-state index is -0.0398. The van der Waals surface area contributed by atoms with E-state index in [0.29, 0.717) is 50.0 Å². The Hall–Kier alpha value is -1.79. The predicted octanol–water partition coefficient (Wildman–Crippen LogP) is 1.31. The second kappa shape index (κ2) is 8.89. The first kappa shape index (κ1) is 18.5. The Morgan fingerprint density at radius 1 is 1.25 bits per heavy atom. The van der Waals surface area contributed by atoms with E-state index in [-0.39, 0.29) is 18.4 Å². The summed E-state index contributed by atoms with van der Waals surface area (Å²) < 4.78 is 5.60. The van der Waals surface area contributed by atoms with Crippen LogP contribution in [0, 0.1) is 6.92 Å². The molecule has 1 aliphatic heterocycles. The average Bonchev–Trinajstić information content (AvgIpc) is 2.54. The molecule has 1 aliphatic rings. The normalized spacial score (nSPS) is 15.2. The van der Waals surface area contributed by atoms with Crippen molar-refractivity contribution >= 4 is 23.4 Å². The van der Waals surface area contributed by atoms with Crippen molar-refractivity contribution in [3.8, 4) is 5.75 Å². The summed E-state index contributed by atoms with van der Waals surface area (Å²) in [6.45, 7) is 7.45. The molecule has 1 aromatic rings. The second-order valence-electron chi connectivity index (χ2n) is 5.81. The first-order valence-electron chi connectivity index (χ1n) is 8.15. The Bertz CT molecular complexity index is 586. The molecule has 1 saturated heterocycles. The quantitative estimate of drug-likeness (QED) is 0.837. The summed E-state index contributed by atoms with van der Waals surface area (Å²) in [6.07, 6.45) is 0. The summed E-state index contributed by atoms with van der Waals surface area (Å²) in [7, 11) is 0. The van der Waals surface area contributed by atoms with Gasteiger partial charge in [-0.1, -0.05) is 11.6 Å². The van der Waals surface area contributed by atoms with Gasteiger partial charge in [0.2, 0.25) is 5.91 Å². The van der Waals surface area contributed by atoms with Crippen LogP contribution in [0.5, 0.6) is 5.75 Å². The molecule has 24 heavy (non-hydrogen) atoms. The maximum Gasteiger partial charge on any atom is 0.260 e. The van der Waals surface area contributed by atoms with Crippen LogP contribution in [-0.2, 0) is 9.59 Å². The molecule has 0 bridgehead atoms. The molecule has 0 unspecified atom stereocenters. The fraction of sp³-hybridized carbons (Fsp3) is 0.529. The molecule has 1 fully saturated rings. The van der Waals surface area contributed by atoms with Gasteiger partial charge in [-0.3, -0.25) is 14.5 Å². The number of carbonyl (C=O) groups is 2. The molecule has 2 amide bonds. The molecule has 0 saturated carbocycles. The number of aryl methyl sites for hydroxylation is 1. The van der Waals surface area contributed by atoms with Crippen molar-refractivity contribution in [2.24, 2.45) is 0 Å². The number of amides is 2. The van der Waals surface area contributed by atoms with E-state index in [0.717, 1.165) is 5.56 Å². The Kier molecular flexibility index (Phi) is 6.87. The van der Waals surface area contributed by atoms with Crippen LogP contribution in [0.2, 0.25) is 5.02 Å². The summed E-state index contributed by atoms with van der Waals surface area (Å²) in [4.78, 5) is 27.7. The Morgan fingerprint density at radius 3 is 2.58 bits per heavy atom. The molecule has 132 valence electrons. The van der Waals surface area contributed by atoms with Gasteiger partial charge in [0.1, 0.15) is 5.75 Å². The van der Waals surface area contributed by atoms with E-state index in [1.165, 1.54) is 0 Å². The number of halogens is 1. The Balaban J connectivity index is 1.75. The highest BCUT2D eigenvalue weighted by molar-refractivity contribution is 6.30. The van der Waals surface area contributed by atoms with Crippen LogP contribution in [-0.4, -0.2) is 67.5 Å². The van der Waals surface area contributed by atoms with Crippen LogP contribution in [0.3, 0.4) is 0 Å². The first-order chi connectivity index (χ1) is 11.5. The zero-order valence-electron chi connectivity index (χ0n) is 14.2. The zero-order valence-corrected chi connectivity index (χ0v) is 14.9. The standard InChI is InChI=1S/C17H24ClN3O3/c1-3-19-16(22)11-20-6-8-21(9-7-20)17(23)12-24-15-5-4-14(18)10-13(15)2/h4-5,10H,3,6-9,11-12H2,1-2H3,(H,19,22). The fourth-order valence-electron chi connectivity index (χ4n) is 2.62. The number of hydrogen-bond acceptors (Lipinski definition) is 4. The van der Waals surface area contributed by atoms with Crippen LogP contribution >= 0.6 is 11.6 Å². The van der Waals surface area contributed by atoms with E-state index >= 15 is 0 Å². The summed E-state index contributed by atoms with van der Waals surface area (Å²) in [6, 6.07) is 5.32. The lowest BCUT2D eigenvalue weighted by Gasteiger charge is -2.34. The predicted molar refractivity (Wildman–Crippen MR) is 93.4 cm³/mol. The molecule has 2 rings (SSSR count). The zero-order chi connectivity index (χ0) is 17.5. The number of nitrogens with zero attached hydrogens (tertiary/aromatic N) is 2. The first-order valence-corrected chi connectivity index (χ1v) is 8.53. The van der Waals surface area contributed by atoms with Gasteiger partial charge < -0.3 is 15.0 Å². The van der Waals surface area contributed by atoms with E-state index in [4.69, 9.17) is 16.3 Å². The van der Waals surface area contributed by atoms with E-state index in [1.807, 2.05) is 19.9 Å². The molecule has 0 atom stereocenters. The van der Waals surface area contributed by atoms with Crippen LogP contribution in [0.4, 0.5) is 0 Å². The van der Waals surface area contributed by atoms with Gasteiger partial charge in [-0.25, -0.2) is 0 Å². The minimum absolute atomic E-state index is 0.0127. The third kappa shape index (κ3) is 5.39. The Labute approximate surface area is 147 Å². The van der Waals surface area contributed by atoms with E-state index < -0.39 is 0 Å². The molecular weight excluding hydrogens is 330 g/mol. The van der Waals surface area contributed by atoms with Crippen molar-refractivity contribution in [2.75, 3.05) is 45.9 Å². The highest BCUT2D eigenvalue weighted by Gasteiger charge is 2.22. The average molecular weight is 354 g/mol. The minimum Gasteiger partial charge on any atom is -0.483 e. The van der Waals surface area contributed by atoms with Gasteiger partial charge in [-0.05, 0) is 37.6 Å². The smallest absolute Gasteiger partial charge is 0.260 e. The molecule has 0 spiro atoms. The van der Waals surface area contributed by atoms with E-state index in [1.54, 1.807) is 17.0 Å². The lowest BCUT2D eigenvalue weighted by Crippen LogP contribution is -2.52. The number of ether oxygens (including phenoxy) is 1. The number of nitrogens with one attached hydrogen (secondary N) is 1. The number of likely N-dealkylation sites (N-methyl/N-ethyl adjacent to an activating group) is 1. The number of benzene rings is 1. The molecule has 0 aromatic heterocycles. The highest BCUT2D eigenvalue weighted by Crippen LogP contribution is 2.21. The summed E-state index contributed by atoms with van der Waals surface area (Å²) >= 11 is 5.91. The van der Waals surface area contributed by atoms with Gasteiger partial charge in [0.25, 0.3) is 5.91 Å². The fourth-order valence-corrected chi connectivity index (χ4v) is 2.84. The largest absolute Gasteiger partial charge is 0.483 e. The third-order valence-corrected chi connectivity index (χ3v) is 4.19. The van der Waals surface area contributed by atoms with Crippen molar-refractivity contribution < 1.29 is 14.3 Å². The lowest BCUT2D eigenvalue weighted by atomic mass is 10.2. The van der Waals surface area contributed by atoms with Crippen molar-refractivity contribution in [1.82, 2.24) is 15.1 Å². The summed E-state index contributed by atoms with van der Waals surface area (Å²) in [5.41, 5.74) is 0.905. The third-order valence-electron chi connectivity index (χ3n) is 3.95. The number of hydrogen-bond donors (Lipinski definition) is 1. The van der Waals surface area contributed by atoms with Gasteiger partial charge in [-0.2, -0.15) is 0 Å². The Morgan fingerprint density at radius 2 is 1.96 bits per heavy atom. The maximum atomic E-state index is 12.3. The molecule has 0 aliphatic carbocycles. The van der Waals surface area contributed by atoms with Gasteiger partial charge in [0.15, 0.2) is 6.61 Å². The summed E-state index contributed by atoms with van der Waals surface area (Å²) in [5, 5.41) is 3.43. The molecule has 7 heteroatoms. The molecular formula is C17H24ClN3O3. The second-order valence-corrected chi connectivity index (χ2v) is 6.25. The molecule has 1 aromatic carbocycles. The van der Waals surface area contributed by atoms with Crippen molar-refractivity contribution in [1.29, 1.82) is 0 Å². The number of piperazine rings is 1. The maximum absolute atomic E-state index is 12.3. The topological polar surface area (TPSA) is 61.9 Å². The van der Waals surface area contributed by atoms with Crippen molar-refractivity contribution in [2.45, 2.75) is 13.8 Å². The van der Waals surface area contributed by atoms with Gasteiger partial charge in [0, 0.05) is 37.7 Å². The molecule has 6 nitrogen and oxygen atoms in total. The van der Waals surface area contributed by atoms with Crippen LogP contribution in [0.1, 0.15) is 12.5 Å². The van der Waals surface area contributed by atoms with E-state index in [9.17, 15) is 9.59 Å². The van der Waals surface area contributed by atoms with Crippen LogP contribution in [0.25, 0.3) is 0 Å². The van der Waals surface area contributed by atoms with Gasteiger partial charge >= 0.3 is 0 Å². The molecule has 1 heterocycles. The molecule has 1 N–H and O–H groups in total. The van der Waals surface area contributed by atoms with Crippen molar-refractivity contribution in [3.63, 3.8) is 0 Å². The van der Waals surface area contributed by atoms with Gasteiger partial charge in [0.05, 0.1) is 6.54 Å². The number of carbonyl (C=O) groups excluding carboxylic acids is 2. The van der Waals surface area contributed by atoms with Gasteiger partial charge in [-0.15, -0.1) is 0 Å². The monoisotopic (exact) mass is 353 g/mol. The molecule has 0 radical (unpaired) electrons. The van der Waals surface area contributed by atoms with E-state index in [2.05, 4.69) is 10.2 Å². The van der Waals surface area contributed by atoms with Crippen molar-refractivity contribution in [3.05, 3.63) is 28.8 Å². The summed E-state index contributed by atoms with van der Waals surface area (Å²) in [5.74, 6) is 0.656. The highest BCUT2D eigenvalue weighted by atomic mass is 35.5. The SMILES string of the molecule is CCNC(=O)CN1CCN(C(=O)COc2ccc(Cl)cc2C)CC1. The lowest BCUT2D eigenvalue weighted by molar-refractivity contribution is -0.135. The van der Waals surface area contributed by atoms with Crippen LogP contribution in [0.15, 0.2) is 18.2 Å².